The molecule has 0 spiro atoms. The minimum absolute atomic E-state index is 0.000339. The zero-order valence-electron chi connectivity index (χ0n) is 21.8. The second-order valence-electron chi connectivity index (χ2n) is 9.83. The fourth-order valence-electron chi connectivity index (χ4n) is 5.27. The number of sulfone groups is 1. The van der Waals surface area contributed by atoms with E-state index in [2.05, 4.69) is 30.2 Å². The molecule has 5 aromatic rings. The van der Waals surface area contributed by atoms with Crippen LogP contribution in [-0.2, 0) is 9.84 Å². The third-order valence-electron chi connectivity index (χ3n) is 7.18. The average Bonchev–Trinajstić information content (AvgIpc) is 3.63. The summed E-state index contributed by atoms with van der Waals surface area (Å²) in [7, 11) is -3.75. The van der Waals surface area contributed by atoms with Gasteiger partial charge in [0, 0.05) is 48.3 Å². The van der Waals surface area contributed by atoms with E-state index in [1.165, 1.54) is 10.8 Å². The number of piperidine rings is 1. The SMILES string of the molecule is C[C@H]1C[C@H](c2nc3c(-c4ccc(-c5ccccn5)nc4)cnn3c(N)c2S(C)(=O)=O)CCN1C(=O)c1nnc[nH]1. The van der Waals surface area contributed by atoms with E-state index in [0.717, 1.165) is 17.5 Å². The third kappa shape index (κ3) is 4.45. The van der Waals surface area contributed by atoms with Crippen LogP contribution in [0.1, 0.15) is 42.0 Å². The highest BCUT2D eigenvalue weighted by Gasteiger charge is 2.36. The molecule has 14 heteroatoms. The van der Waals surface area contributed by atoms with Crippen LogP contribution in [0.25, 0.3) is 28.2 Å². The summed E-state index contributed by atoms with van der Waals surface area (Å²) in [5.41, 5.74) is 10.1. The van der Waals surface area contributed by atoms with Crippen LogP contribution in [0, 0.1) is 0 Å². The lowest BCUT2D eigenvalue weighted by Gasteiger charge is -2.37. The van der Waals surface area contributed by atoms with Crippen molar-refractivity contribution in [3.8, 4) is 22.5 Å². The van der Waals surface area contributed by atoms with Crippen molar-refractivity contribution in [2.75, 3.05) is 18.5 Å². The highest BCUT2D eigenvalue weighted by Crippen LogP contribution is 2.38. The summed E-state index contributed by atoms with van der Waals surface area (Å²) in [4.78, 5) is 31.1. The predicted octanol–water partition coefficient (Wildman–Crippen LogP) is 2.37. The number of pyridine rings is 2. The third-order valence-corrected chi connectivity index (χ3v) is 8.34. The number of nitrogens with one attached hydrogen (secondary N) is 1. The molecule has 40 heavy (non-hydrogen) atoms. The van der Waals surface area contributed by atoms with Crippen molar-refractivity contribution in [2.24, 2.45) is 0 Å². The number of H-pyrrole nitrogens is 1. The Hall–Kier alpha value is -4.72. The zero-order chi connectivity index (χ0) is 28.0. The number of nitrogen functional groups attached to an aromatic ring is 1. The van der Waals surface area contributed by atoms with E-state index in [4.69, 9.17) is 10.7 Å². The van der Waals surface area contributed by atoms with Gasteiger partial charge in [-0.15, -0.1) is 10.2 Å². The van der Waals surface area contributed by atoms with Crippen molar-refractivity contribution < 1.29 is 13.2 Å². The zero-order valence-corrected chi connectivity index (χ0v) is 22.6. The van der Waals surface area contributed by atoms with Gasteiger partial charge >= 0.3 is 0 Å². The number of fused-ring (bicyclic) bond motifs is 1. The second-order valence-corrected chi connectivity index (χ2v) is 11.8. The van der Waals surface area contributed by atoms with Crippen LogP contribution in [0.4, 0.5) is 5.82 Å². The molecule has 0 aromatic carbocycles. The van der Waals surface area contributed by atoms with E-state index in [1.807, 2.05) is 37.3 Å². The second kappa shape index (κ2) is 9.79. The van der Waals surface area contributed by atoms with Gasteiger partial charge in [-0.3, -0.25) is 14.8 Å². The first-order valence-corrected chi connectivity index (χ1v) is 14.5. The largest absolute Gasteiger partial charge is 0.382 e. The van der Waals surface area contributed by atoms with Crippen molar-refractivity contribution in [3.05, 3.63) is 66.8 Å². The van der Waals surface area contributed by atoms with Crippen LogP contribution < -0.4 is 5.73 Å². The summed E-state index contributed by atoms with van der Waals surface area (Å²) in [5, 5.41) is 11.9. The molecule has 6 heterocycles. The van der Waals surface area contributed by atoms with Crippen LogP contribution in [-0.4, -0.2) is 77.8 Å². The van der Waals surface area contributed by atoms with Gasteiger partial charge in [0.1, 0.15) is 17.0 Å². The van der Waals surface area contributed by atoms with Crippen LogP contribution in [0.2, 0.25) is 0 Å². The molecule has 1 fully saturated rings. The Morgan fingerprint density at radius 3 is 2.60 bits per heavy atom. The van der Waals surface area contributed by atoms with Gasteiger partial charge in [0.15, 0.2) is 15.5 Å². The molecule has 0 aliphatic carbocycles. The number of aromatic amines is 1. The van der Waals surface area contributed by atoms with Gasteiger partial charge in [-0.1, -0.05) is 12.1 Å². The van der Waals surface area contributed by atoms with E-state index < -0.39 is 9.84 Å². The van der Waals surface area contributed by atoms with Gasteiger partial charge in [0.05, 0.1) is 23.3 Å². The van der Waals surface area contributed by atoms with Crippen LogP contribution in [0.15, 0.2) is 60.1 Å². The molecular weight excluding hydrogens is 532 g/mol. The number of carbonyl (C=O) groups excluding carboxylic acids is 1. The maximum Gasteiger partial charge on any atom is 0.291 e. The Morgan fingerprint density at radius 2 is 1.95 bits per heavy atom. The monoisotopic (exact) mass is 558 g/mol. The molecule has 0 bridgehead atoms. The first kappa shape index (κ1) is 25.6. The Kier molecular flexibility index (Phi) is 6.25. The Bertz CT molecular complexity index is 1800. The molecular formula is C26H26N10O3S. The number of hydrogen-bond donors (Lipinski definition) is 2. The first-order chi connectivity index (χ1) is 19.2. The van der Waals surface area contributed by atoms with E-state index >= 15 is 0 Å². The standard InChI is InChI=1S/C26H26N10O3S/c1-15-11-16(8-10-35(15)26(37)24-30-14-31-34-24)21-22(40(2,38)39)23(27)36-25(33-21)18(13-32-36)17-6-7-20(29-12-17)19-5-3-4-9-28-19/h3-7,9,12-16H,8,10-11,27H2,1-2H3,(H,30,31,34)/t15-,16+/m0/s1. The normalized spacial score (nSPS) is 17.8. The van der Waals surface area contributed by atoms with Crippen LogP contribution in [0.3, 0.4) is 0 Å². The molecule has 6 rings (SSSR count). The lowest BCUT2D eigenvalue weighted by atomic mass is 9.88. The van der Waals surface area contributed by atoms with Crippen LogP contribution >= 0.6 is 0 Å². The van der Waals surface area contributed by atoms with Crippen LogP contribution in [0.5, 0.6) is 0 Å². The molecule has 1 amide bonds. The molecule has 1 aliphatic rings. The first-order valence-electron chi connectivity index (χ1n) is 12.6. The van der Waals surface area contributed by atoms with Gasteiger partial charge in [-0.05, 0) is 38.0 Å². The van der Waals surface area contributed by atoms with E-state index in [0.29, 0.717) is 42.0 Å². The van der Waals surface area contributed by atoms with Gasteiger partial charge in [-0.25, -0.2) is 13.4 Å². The lowest BCUT2D eigenvalue weighted by Crippen LogP contribution is -2.44. The molecule has 5 aromatic heterocycles. The van der Waals surface area contributed by atoms with Crippen molar-refractivity contribution in [1.82, 2.24) is 44.6 Å². The number of amides is 1. The smallest absolute Gasteiger partial charge is 0.291 e. The molecule has 204 valence electrons. The van der Waals surface area contributed by atoms with Crippen molar-refractivity contribution in [3.63, 3.8) is 0 Å². The fraction of sp³-hybridized carbons (Fsp3) is 0.269. The molecule has 0 unspecified atom stereocenters. The number of nitrogens with two attached hydrogens (primary N) is 1. The highest BCUT2D eigenvalue weighted by atomic mass is 32.2. The minimum atomic E-state index is -3.75. The number of carbonyl (C=O) groups is 1. The van der Waals surface area contributed by atoms with Crippen molar-refractivity contribution in [1.29, 1.82) is 0 Å². The minimum Gasteiger partial charge on any atom is -0.382 e. The number of likely N-dealkylation sites (tertiary alicyclic amines) is 1. The average molecular weight is 559 g/mol. The summed E-state index contributed by atoms with van der Waals surface area (Å²) < 4.78 is 27.3. The molecule has 0 radical (unpaired) electrons. The molecule has 13 nitrogen and oxygen atoms in total. The number of nitrogens with zero attached hydrogens (tertiary/aromatic N) is 8. The van der Waals surface area contributed by atoms with Crippen molar-refractivity contribution >= 4 is 27.2 Å². The maximum absolute atomic E-state index is 13.0. The Balaban J connectivity index is 1.39. The van der Waals surface area contributed by atoms with Gasteiger partial charge in [0.2, 0.25) is 5.82 Å². The molecule has 1 aliphatic heterocycles. The van der Waals surface area contributed by atoms with E-state index in [9.17, 15) is 13.2 Å². The summed E-state index contributed by atoms with van der Waals surface area (Å²) in [5.74, 6) is -0.343. The topological polar surface area (TPSA) is 178 Å². The maximum atomic E-state index is 13.0. The molecule has 1 saturated heterocycles. The fourth-order valence-corrected chi connectivity index (χ4v) is 6.32. The predicted molar refractivity (Wildman–Crippen MR) is 146 cm³/mol. The van der Waals surface area contributed by atoms with E-state index in [-0.39, 0.29) is 34.4 Å². The summed E-state index contributed by atoms with van der Waals surface area (Å²) in [6.07, 6.45) is 8.49. The molecule has 2 atom stereocenters. The summed E-state index contributed by atoms with van der Waals surface area (Å²) in [6.45, 7) is 2.31. The Labute approximate surface area is 229 Å². The van der Waals surface area contributed by atoms with E-state index in [1.54, 1.807) is 23.5 Å². The summed E-state index contributed by atoms with van der Waals surface area (Å²) in [6, 6.07) is 9.17. The highest BCUT2D eigenvalue weighted by molar-refractivity contribution is 7.91. The van der Waals surface area contributed by atoms with Gasteiger partial charge in [-0.2, -0.15) is 9.61 Å². The Morgan fingerprint density at radius 1 is 1.12 bits per heavy atom. The number of aromatic nitrogens is 8. The number of anilines is 1. The van der Waals surface area contributed by atoms with Gasteiger partial charge < -0.3 is 15.6 Å². The van der Waals surface area contributed by atoms with Gasteiger partial charge in [0.25, 0.3) is 5.91 Å². The quantitative estimate of drug-likeness (QED) is 0.325. The molecule has 3 N–H and O–H groups in total. The molecule has 0 saturated carbocycles. The number of hydrogen-bond acceptors (Lipinski definition) is 10. The van der Waals surface area contributed by atoms with Crippen molar-refractivity contribution in [2.45, 2.75) is 36.6 Å². The number of rotatable bonds is 5. The lowest BCUT2D eigenvalue weighted by molar-refractivity contribution is 0.0601. The summed E-state index contributed by atoms with van der Waals surface area (Å²) >= 11 is 0.